The third-order valence-electron chi connectivity index (χ3n) is 2.48. The van der Waals surface area contributed by atoms with Gasteiger partial charge in [-0.2, -0.15) is 0 Å². The highest BCUT2D eigenvalue weighted by atomic mass is 16.2. The van der Waals surface area contributed by atoms with Crippen molar-refractivity contribution in [2.24, 2.45) is 13.0 Å². The molecule has 2 N–H and O–H groups in total. The Balaban J connectivity index is 1.62. The number of aromatic nitrogens is 2. The monoisotopic (exact) mass is 208 g/mol. The number of hydrogen-bond acceptors (Lipinski definition) is 3. The number of carbonyl (C=O) groups is 1. The smallest absolute Gasteiger partial charge is 0.223 e. The summed E-state index contributed by atoms with van der Waals surface area (Å²) in [5.74, 6) is 1.31. The van der Waals surface area contributed by atoms with E-state index in [1.165, 1.54) is 0 Å². The number of anilines is 1. The third kappa shape index (κ3) is 2.71. The molecule has 0 aliphatic heterocycles. The Hall–Kier alpha value is -1.52. The van der Waals surface area contributed by atoms with Gasteiger partial charge in [0, 0.05) is 38.4 Å². The molecule has 1 amide bonds. The fourth-order valence-corrected chi connectivity index (χ4v) is 1.39. The van der Waals surface area contributed by atoms with Crippen molar-refractivity contribution in [2.45, 2.75) is 12.8 Å². The number of carbonyl (C=O) groups excluding carboxylic acids is 1. The summed E-state index contributed by atoms with van der Waals surface area (Å²) in [5, 5.41) is 6.03. The first-order chi connectivity index (χ1) is 7.27. The SMILES string of the molecule is Cn1ccnc1NCCNC(=O)C1CC1. The van der Waals surface area contributed by atoms with Crippen LogP contribution in [0.3, 0.4) is 0 Å². The second kappa shape index (κ2) is 4.33. The summed E-state index contributed by atoms with van der Waals surface area (Å²) < 4.78 is 1.91. The fraction of sp³-hybridized carbons (Fsp3) is 0.600. The molecule has 1 aliphatic carbocycles. The van der Waals surface area contributed by atoms with Crippen LogP contribution in [0, 0.1) is 5.92 Å². The van der Waals surface area contributed by atoms with Crippen LogP contribution < -0.4 is 10.6 Å². The lowest BCUT2D eigenvalue weighted by Crippen LogP contribution is -2.30. The molecule has 0 unspecified atom stereocenters. The Morgan fingerprint density at radius 2 is 2.40 bits per heavy atom. The van der Waals surface area contributed by atoms with E-state index in [1.54, 1.807) is 6.20 Å². The molecule has 5 nitrogen and oxygen atoms in total. The van der Waals surface area contributed by atoms with Crippen molar-refractivity contribution >= 4 is 11.9 Å². The van der Waals surface area contributed by atoms with Crippen LogP contribution in [-0.4, -0.2) is 28.5 Å². The summed E-state index contributed by atoms with van der Waals surface area (Å²) in [6.07, 6.45) is 5.73. The van der Waals surface area contributed by atoms with Gasteiger partial charge in [0.05, 0.1) is 0 Å². The van der Waals surface area contributed by atoms with E-state index >= 15 is 0 Å². The Morgan fingerprint density at radius 1 is 1.60 bits per heavy atom. The molecule has 1 aliphatic rings. The molecule has 1 aromatic rings. The minimum Gasteiger partial charge on any atom is -0.354 e. The third-order valence-corrected chi connectivity index (χ3v) is 2.48. The Labute approximate surface area is 88.9 Å². The lowest BCUT2D eigenvalue weighted by molar-refractivity contribution is -0.122. The zero-order valence-electron chi connectivity index (χ0n) is 8.86. The normalized spacial score (nSPS) is 15.0. The van der Waals surface area contributed by atoms with E-state index in [2.05, 4.69) is 15.6 Å². The first kappa shape index (κ1) is 10.0. The number of amides is 1. The zero-order valence-corrected chi connectivity index (χ0v) is 8.86. The van der Waals surface area contributed by atoms with Crippen molar-refractivity contribution in [3.8, 4) is 0 Å². The molecule has 82 valence electrons. The van der Waals surface area contributed by atoms with Gasteiger partial charge in [-0.25, -0.2) is 4.98 Å². The molecule has 2 rings (SSSR count). The summed E-state index contributed by atoms with van der Waals surface area (Å²) in [7, 11) is 1.93. The summed E-state index contributed by atoms with van der Waals surface area (Å²) >= 11 is 0. The molecule has 1 fully saturated rings. The van der Waals surface area contributed by atoms with Crippen LogP contribution >= 0.6 is 0 Å². The van der Waals surface area contributed by atoms with Crippen molar-refractivity contribution < 1.29 is 4.79 Å². The predicted molar refractivity (Wildman–Crippen MR) is 57.4 cm³/mol. The van der Waals surface area contributed by atoms with E-state index in [4.69, 9.17) is 0 Å². The van der Waals surface area contributed by atoms with Gasteiger partial charge in [0.2, 0.25) is 11.9 Å². The number of nitrogens with one attached hydrogen (secondary N) is 2. The van der Waals surface area contributed by atoms with E-state index < -0.39 is 0 Å². The molecule has 0 spiro atoms. The first-order valence-corrected chi connectivity index (χ1v) is 5.26. The number of hydrogen-bond donors (Lipinski definition) is 2. The van der Waals surface area contributed by atoms with E-state index in [0.29, 0.717) is 13.1 Å². The molecule has 0 radical (unpaired) electrons. The van der Waals surface area contributed by atoms with Gasteiger partial charge in [-0.1, -0.05) is 0 Å². The van der Waals surface area contributed by atoms with Gasteiger partial charge >= 0.3 is 0 Å². The van der Waals surface area contributed by atoms with Crippen LogP contribution in [-0.2, 0) is 11.8 Å². The molecular formula is C10H16N4O. The van der Waals surface area contributed by atoms with E-state index in [9.17, 15) is 4.79 Å². The van der Waals surface area contributed by atoms with Crippen LogP contribution in [0.1, 0.15) is 12.8 Å². The van der Waals surface area contributed by atoms with Crippen LogP contribution in [0.25, 0.3) is 0 Å². The molecule has 1 aromatic heterocycles. The van der Waals surface area contributed by atoms with E-state index in [1.807, 2.05) is 17.8 Å². The molecule has 0 saturated heterocycles. The maximum absolute atomic E-state index is 11.3. The van der Waals surface area contributed by atoms with E-state index in [0.717, 1.165) is 18.8 Å². The molecule has 0 atom stereocenters. The lowest BCUT2D eigenvalue weighted by atomic mass is 10.4. The van der Waals surface area contributed by atoms with Gasteiger partial charge in [0.15, 0.2) is 0 Å². The molecular weight excluding hydrogens is 192 g/mol. The van der Waals surface area contributed by atoms with Crippen LogP contribution in [0.4, 0.5) is 5.95 Å². The summed E-state index contributed by atoms with van der Waals surface area (Å²) in [6.45, 7) is 1.37. The van der Waals surface area contributed by atoms with Crippen LogP contribution in [0.5, 0.6) is 0 Å². The van der Waals surface area contributed by atoms with Crippen molar-refractivity contribution in [2.75, 3.05) is 18.4 Å². The quantitative estimate of drug-likeness (QED) is 0.687. The van der Waals surface area contributed by atoms with Gasteiger partial charge in [-0.05, 0) is 12.8 Å². The molecule has 0 bridgehead atoms. The van der Waals surface area contributed by atoms with Gasteiger partial charge in [-0.15, -0.1) is 0 Å². The topological polar surface area (TPSA) is 59.0 Å². The van der Waals surface area contributed by atoms with E-state index in [-0.39, 0.29) is 11.8 Å². The largest absolute Gasteiger partial charge is 0.354 e. The first-order valence-electron chi connectivity index (χ1n) is 5.26. The summed E-state index contributed by atoms with van der Waals surface area (Å²) in [6, 6.07) is 0. The average molecular weight is 208 g/mol. The average Bonchev–Trinajstić information content (AvgIpc) is 2.99. The van der Waals surface area contributed by atoms with Crippen molar-refractivity contribution in [1.29, 1.82) is 0 Å². The van der Waals surface area contributed by atoms with Gasteiger partial charge < -0.3 is 15.2 Å². The van der Waals surface area contributed by atoms with Crippen LogP contribution in [0.15, 0.2) is 12.4 Å². The van der Waals surface area contributed by atoms with Crippen LogP contribution in [0.2, 0.25) is 0 Å². The second-order valence-electron chi connectivity index (χ2n) is 3.85. The lowest BCUT2D eigenvalue weighted by Gasteiger charge is -2.06. The van der Waals surface area contributed by atoms with Gasteiger partial charge in [0.1, 0.15) is 0 Å². The maximum atomic E-state index is 11.3. The van der Waals surface area contributed by atoms with Crippen molar-refractivity contribution in [1.82, 2.24) is 14.9 Å². The number of nitrogens with zero attached hydrogens (tertiary/aromatic N) is 2. The summed E-state index contributed by atoms with van der Waals surface area (Å²) in [5.41, 5.74) is 0. The molecule has 5 heteroatoms. The molecule has 0 aromatic carbocycles. The highest BCUT2D eigenvalue weighted by Gasteiger charge is 2.28. The number of imidazole rings is 1. The molecule has 1 heterocycles. The van der Waals surface area contributed by atoms with Crippen molar-refractivity contribution in [3.05, 3.63) is 12.4 Å². The zero-order chi connectivity index (χ0) is 10.7. The highest BCUT2D eigenvalue weighted by molar-refractivity contribution is 5.80. The minimum atomic E-state index is 0.191. The Bertz CT molecular complexity index is 343. The number of aryl methyl sites for hydroxylation is 1. The Kier molecular flexibility index (Phi) is 2.89. The van der Waals surface area contributed by atoms with Gasteiger partial charge in [-0.3, -0.25) is 4.79 Å². The highest BCUT2D eigenvalue weighted by Crippen LogP contribution is 2.28. The number of rotatable bonds is 5. The standard InChI is InChI=1S/C10H16N4O/c1-14-7-6-13-10(14)12-5-4-11-9(15)8-2-3-8/h6-8H,2-5H2,1H3,(H,11,15)(H,12,13). The molecule has 1 saturated carbocycles. The Morgan fingerprint density at radius 3 is 3.00 bits per heavy atom. The van der Waals surface area contributed by atoms with Crippen molar-refractivity contribution in [3.63, 3.8) is 0 Å². The summed E-state index contributed by atoms with van der Waals surface area (Å²) in [4.78, 5) is 15.4. The predicted octanol–water partition coefficient (Wildman–Crippen LogP) is 0.358. The molecule has 15 heavy (non-hydrogen) atoms. The minimum absolute atomic E-state index is 0.191. The second-order valence-corrected chi connectivity index (χ2v) is 3.85. The van der Waals surface area contributed by atoms with Gasteiger partial charge in [0.25, 0.3) is 0 Å². The fourth-order valence-electron chi connectivity index (χ4n) is 1.39. The maximum Gasteiger partial charge on any atom is 0.223 e.